The first-order valence-electron chi connectivity index (χ1n) is 18.9. The molecular weight excluding hydrogens is 671 g/mol. The van der Waals surface area contributed by atoms with E-state index >= 15 is 0 Å². The average molecular weight is 704 g/mol. The van der Waals surface area contributed by atoms with Crippen LogP contribution in [-0.4, -0.2) is 4.57 Å². The third-order valence-corrected chi connectivity index (χ3v) is 13.2. The van der Waals surface area contributed by atoms with Crippen molar-refractivity contribution >= 4 is 74.9 Å². The van der Waals surface area contributed by atoms with Crippen LogP contribution in [0, 0.1) is 0 Å². The number of nitrogens with zero attached hydrogens (tertiary/aromatic N) is 1. The van der Waals surface area contributed by atoms with Crippen LogP contribution in [0.2, 0.25) is 0 Å². The van der Waals surface area contributed by atoms with Gasteiger partial charge < -0.3 is 4.57 Å². The van der Waals surface area contributed by atoms with Crippen LogP contribution in [0.4, 0.5) is 0 Å². The summed E-state index contributed by atoms with van der Waals surface area (Å²) in [4.78, 5) is 0. The first kappa shape index (κ1) is 30.0. The molecule has 0 saturated heterocycles. The van der Waals surface area contributed by atoms with E-state index in [9.17, 15) is 0 Å². The van der Waals surface area contributed by atoms with Crippen LogP contribution in [0.25, 0.3) is 91.5 Å². The minimum Gasteiger partial charge on any atom is -0.309 e. The maximum atomic E-state index is 2.53. The third-order valence-electron chi connectivity index (χ3n) is 12.0. The molecular formula is C52H33NS. The second-order valence-corrected chi connectivity index (χ2v) is 15.8. The van der Waals surface area contributed by atoms with E-state index in [1.54, 1.807) is 0 Å². The van der Waals surface area contributed by atoms with Gasteiger partial charge in [-0.1, -0.05) is 146 Å². The van der Waals surface area contributed by atoms with Gasteiger partial charge in [-0.05, 0) is 97.9 Å². The molecule has 0 spiro atoms. The van der Waals surface area contributed by atoms with E-state index in [2.05, 4.69) is 187 Å². The molecule has 2 heteroatoms. The molecule has 0 bridgehead atoms. The minimum absolute atomic E-state index is 0.286. The van der Waals surface area contributed by atoms with Crippen LogP contribution < -0.4 is 0 Å². The van der Waals surface area contributed by atoms with Crippen molar-refractivity contribution in [1.29, 1.82) is 0 Å². The maximum Gasteiger partial charge on any atom is 0.0541 e. The molecule has 252 valence electrons. The predicted octanol–water partition coefficient (Wildman–Crippen LogP) is 14.5. The molecule has 11 aromatic rings. The van der Waals surface area contributed by atoms with Gasteiger partial charge in [-0.2, -0.15) is 0 Å². The van der Waals surface area contributed by atoms with Crippen molar-refractivity contribution in [1.82, 2.24) is 4.57 Å². The van der Waals surface area contributed by atoms with Crippen molar-refractivity contribution in [2.24, 2.45) is 0 Å². The largest absolute Gasteiger partial charge is 0.309 e. The molecule has 1 aliphatic rings. The van der Waals surface area contributed by atoms with E-state index in [4.69, 9.17) is 0 Å². The quantitative estimate of drug-likeness (QED) is 0.173. The summed E-state index contributed by atoms with van der Waals surface area (Å²) in [6.07, 6.45) is 0.978. The number of hydrogen-bond donors (Lipinski definition) is 0. The van der Waals surface area contributed by atoms with Gasteiger partial charge in [0.1, 0.15) is 0 Å². The zero-order chi connectivity index (χ0) is 35.3. The minimum atomic E-state index is 0.286. The van der Waals surface area contributed by atoms with E-state index in [0.29, 0.717) is 0 Å². The molecule has 1 unspecified atom stereocenters. The lowest BCUT2D eigenvalue weighted by Crippen LogP contribution is -2.13. The fourth-order valence-corrected chi connectivity index (χ4v) is 10.8. The van der Waals surface area contributed by atoms with Gasteiger partial charge in [0.05, 0.1) is 16.7 Å². The van der Waals surface area contributed by atoms with Gasteiger partial charge in [-0.3, -0.25) is 0 Å². The van der Waals surface area contributed by atoms with E-state index in [1.165, 1.54) is 108 Å². The summed E-state index contributed by atoms with van der Waals surface area (Å²) >= 11 is 1.96. The van der Waals surface area contributed by atoms with Crippen LogP contribution in [-0.2, 0) is 6.42 Å². The van der Waals surface area contributed by atoms with E-state index in [0.717, 1.165) is 6.42 Å². The monoisotopic (exact) mass is 703 g/mol. The van der Waals surface area contributed by atoms with Crippen LogP contribution in [0.1, 0.15) is 22.6 Å². The lowest BCUT2D eigenvalue weighted by Gasteiger charge is -2.30. The predicted molar refractivity (Wildman–Crippen MR) is 232 cm³/mol. The summed E-state index contributed by atoms with van der Waals surface area (Å²) < 4.78 is 5.22. The molecule has 0 amide bonds. The molecule has 0 saturated carbocycles. The summed E-state index contributed by atoms with van der Waals surface area (Å²) in [5, 5.41) is 10.4. The van der Waals surface area contributed by atoms with Crippen molar-refractivity contribution in [3.63, 3.8) is 0 Å². The Labute approximate surface area is 317 Å². The van der Waals surface area contributed by atoms with Gasteiger partial charge in [0.25, 0.3) is 0 Å². The molecule has 0 N–H and O–H groups in total. The smallest absolute Gasteiger partial charge is 0.0541 e. The van der Waals surface area contributed by atoms with Crippen molar-refractivity contribution in [2.45, 2.75) is 12.3 Å². The van der Waals surface area contributed by atoms with E-state index in [-0.39, 0.29) is 5.92 Å². The second kappa shape index (κ2) is 11.5. The Morgan fingerprint density at radius 2 is 1.19 bits per heavy atom. The van der Waals surface area contributed by atoms with Crippen LogP contribution in [0.5, 0.6) is 0 Å². The Morgan fingerprint density at radius 1 is 0.463 bits per heavy atom. The average Bonchev–Trinajstić information content (AvgIpc) is 3.79. The number of rotatable bonds is 3. The highest BCUT2D eigenvalue weighted by Crippen LogP contribution is 2.52. The standard InChI is InChI=1S/C52H33NS/c1-2-14-34-28-35(25-24-32(34)12-1)42-30-46-44(39-18-6-5-17-38(39)42)31-43(51-41-20-8-10-23-50(41)54-52(46)51)36-26-27-49-45(29-36)40-19-7-9-21-48(40)53(49)47-22-11-15-33-13-3-4-16-37(33)47/h1-29,31,42H,30H2. The topological polar surface area (TPSA) is 4.93 Å². The molecule has 0 aliphatic heterocycles. The molecule has 54 heavy (non-hydrogen) atoms. The Balaban J connectivity index is 1.11. The summed E-state index contributed by atoms with van der Waals surface area (Å²) in [5.41, 5.74) is 13.2. The lowest BCUT2D eigenvalue weighted by molar-refractivity contribution is 0.801. The van der Waals surface area contributed by atoms with Crippen molar-refractivity contribution in [2.75, 3.05) is 0 Å². The van der Waals surface area contributed by atoms with Crippen LogP contribution in [0.3, 0.4) is 0 Å². The number of aromatic nitrogens is 1. The van der Waals surface area contributed by atoms with Crippen molar-refractivity contribution < 1.29 is 0 Å². The fraction of sp³-hybridized carbons (Fsp3) is 0.0385. The Bertz CT molecular complexity index is 3320. The number of para-hydroxylation sites is 1. The van der Waals surface area contributed by atoms with Crippen LogP contribution >= 0.6 is 11.3 Å². The molecule has 2 aromatic heterocycles. The molecule has 12 rings (SSSR count). The normalized spacial score (nSPS) is 14.0. The highest BCUT2D eigenvalue weighted by atomic mass is 32.1. The molecule has 1 atom stereocenters. The first-order valence-corrected chi connectivity index (χ1v) is 19.7. The highest BCUT2D eigenvalue weighted by molar-refractivity contribution is 7.26. The summed E-state index contributed by atoms with van der Waals surface area (Å²) in [6, 6.07) is 67.9. The number of hydrogen-bond acceptors (Lipinski definition) is 1. The maximum absolute atomic E-state index is 2.53. The SMILES string of the molecule is c1ccc2c(c1)-c1cc(-c3ccc4c(c3)c3ccccc3n4-c3cccc4ccccc34)c3c(sc4ccccc43)c1CC2c1ccc2ccccc2c1. The molecule has 9 aromatic carbocycles. The van der Waals surface area contributed by atoms with Gasteiger partial charge in [0, 0.05) is 42.2 Å². The van der Waals surface area contributed by atoms with Crippen molar-refractivity contribution in [3.05, 3.63) is 199 Å². The van der Waals surface area contributed by atoms with Gasteiger partial charge in [-0.25, -0.2) is 0 Å². The number of benzene rings is 9. The van der Waals surface area contributed by atoms with E-state index in [1.807, 2.05) is 11.3 Å². The highest BCUT2D eigenvalue weighted by Gasteiger charge is 2.30. The summed E-state index contributed by atoms with van der Waals surface area (Å²) in [7, 11) is 0. The fourth-order valence-electron chi connectivity index (χ4n) is 9.51. The van der Waals surface area contributed by atoms with E-state index < -0.39 is 0 Å². The molecule has 1 nitrogen and oxygen atoms in total. The summed E-state index contributed by atoms with van der Waals surface area (Å²) in [5.74, 6) is 0.286. The Hall–Kier alpha value is -6.48. The van der Waals surface area contributed by atoms with Gasteiger partial charge in [0.15, 0.2) is 0 Å². The van der Waals surface area contributed by atoms with Crippen LogP contribution in [0.15, 0.2) is 182 Å². The Kier molecular flexibility index (Phi) is 6.40. The molecule has 0 fully saturated rings. The summed E-state index contributed by atoms with van der Waals surface area (Å²) in [6.45, 7) is 0. The lowest BCUT2D eigenvalue weighted by atomic mass is 9.74. The first-order chi connectivity index (χ1) is 26.8. The van der Waals surface area contributed by atoms with Gasteiger partial charge in [0.2, 0.25) is 0 Å². The number of fused-ring (bicyclic) bond motifs is 12. The van der Waals surface area contributed by atoms with Crippen molar-refractivity contribution in [3.8, 4) is 27.9 Å². The zero-order valence-corrected chi connectivity index (χ0v) is 30.3. The Morgan fingerprint density at radius 3 is 2.11 bits per heavy atom. The van der Waals surface area contributed by atoms with Gasteiger partial charge in [-0.15, -0.1) is 11.3 Å². The molecule has 2 heterocycles. The molecule has 1 aliphatic carbocycles. The second-order valence-electron chi connectivity index (χ2n) is 14.8. The molecule has 0 radical (unpaired) electrons. The zero-order valence-electron chi connectivity index (χ0n) is 29.5. The number of thiophene rings is 1. The van der Waals surface area contributed by atoms with Gasteiger partial charge >= 0.3 is 0 Å². The third kappa shape index (κ3) is 4.32.